The summed E-state index contributed by atoms with van der Waals surface area (Å²) in [6.07, 6.45) is 0. The molecule has 0 saturated heterocycles. The summed E-state index contributed by atoms with van der Waals surface area (Å²) in [7, 11) is 1.86. The Morgan fingerprint density at radius 1 is 1.40 bits per heavy atom. The first-order valence-electron chi connectivity index (χ1n) is 4.89. The zero-order valence-electron chi connectivity index (χ0n) is 9.60. The van der Waals surface area contributed by atoms with E-state index in [-0.39, 0.29) is 4.75 Å². The van der Waals surface area contributed by atoms with Crippen LogP contribution in [0.1, 0.15) is 26.5 Å². The lowest BCUT2D eigenvalue weighted by atomic mass is 10.3. The minimum absolute atomic E-state index is 0.237. The third-order valence-electron chi connectivity index (χ3n) is 1.82. The van der Waals surface area contributed by atoms with E-state index in [0.29, 0.717) is 0 Å². The molecule has 0 atom stereocenters. The van der Waals surface area contributed by atoms with E-state index in [1.165, 1.54) is 0 Å². The van der Waals surface area contributed by atoms with Gasteiger partial charge in [-0.3, -0.25) is 0 Å². The van der Waals surface area contributed by atoms with E-state index in [9.17, 15) is 0 Å². The van der Waals surface area contributed by atoms with Crippen LogP contribution in [0, 0.1) is 0 Å². The number of nitrogens with one attached hydrogen (secondary N) is 1. The third-order valence-corrected chi connectivity index (χ3v) is 3.44. The molecule has 0 unspecified atom stereocenters. The number of pyridine rings is 1. The Morgan fingerprint density at radius 2 is 2.07 bits per heavy atom. The molecule has 0 spiro atoms. The van der Waals surface area contributed by atoms with Crippen LogP contribution in [0.2, 0.25) is 5.02 Å². The molecule has 0 amide bonds. The number of hydrogen-bond acceptors (Lipinski definition) is 3. The van der Waals surface area contributed by atoms with Crippen molar-refractivity contribution in [3.05, 3.63) is 22.8 Å². The number of rotatable bonds is 3. The van der Waals surface area contributed by atoms with Gasteiger partial charge in [0.1, 0.15) is 5.82 Å². The molecule has 4 heteroatoms. The Balaban J connectivity index is 2.75. The quantitative estimate of drug-likeness (QED) is 0.875. The molecule has 15 heavy (non-hydrogen) atoms. The van der Waals surface area contributed by atoms with Crippen molar-refractivity contribution in [3.63, 3.8) is 0 Å². The summed E-state index contributed by atoms with van der Waals surface area (Å²) in [5, 5.41) is 3.75. The number of aromatic nitrogens is 1. The molecular weight excluding hydrogens is 228 g/mol. The number of halogens is 1. The van der Waals surface area contributed by atoms with Crippen molar-refractivity contribution in [2.24, 2.45) is 0 Å². The second-order valence-corrected chi connectivity index (χ2v) is 6.49. The summed E-state index contributed by atoms with van der Waals surface area (Å²) in [4.78, 5) is 4.43. The van der Waals surface area contributed by atoms with Crippen molar-refractivity contribution in [1.82, 2.24) is 4.98 Å². The van der Waals surface area contributed by atoms with Crippen LogP contribution >= 0.6 is 23.4 Å². The van der Waals surface area contributed by atoms with E-state index in [1.807, 2.05) is 30.9 Å². The first kappa shape index (κ1) is 12.7. The number of anilines is 1. The highest BCUT2D eigenvalue weighted by Crippen LogP contribution is 2.29. The zero-order chi connectivity index (χ0) is 11.5. The predicted octanol–water partition coefficient (Wildman–Crippen LogP) is 3.81. The molecule has 1 heterocycles. The number of thioether (sulfide) groups is 1. The lowest BCUT2D eigenvalue weighted by molar-refractivity contribution is 0.801. The van der Waals surface area contributed by atoms with Crippen molar-refractivity contribution >= 4 is 29.2 Å². The van der Waals surface area contributed by atoms with Gasteiger partial charge < -0.3 is 5.32 Å². The van der Waals surface area contributed by atoms with Crippen LogP contribution in [0.3, 0.4) is 0 Å². The molecule has 0 radical (unpaired) electrons. The van der Waals surface area contributed by atoms with Gasteiger partial charge >= 0.3 is 0 Å². The molecule has 1 N–H and O–H groups in total. The summed E-state index contributed by atoms with van der Waals surface area (Å²) < 4.78 is 0.237. The molecule has 1 rings (SSSR count). The fourth-order valence-corrected chi connectivity index (χ4v) is 2.05. The molecule has 0 bridgehead atoms. The number of hydrogen-bond donors (Lipinski definition) is 1. The Morgan fingerprint density at radius 3 is 2.60 bits per heavy atom. The van der Waals surface area contributed by atoms with Gasteiger partial charge in [0.15, 0.2) is 0 Å². The smallest absolute Gasteiger partial charge is 0.126 e. The summed E-state index contributed by atoms with van der Waals surface area (Å²) >= 11 is 7.92. The Bertz CT molecular complexity index is 334. The van der Waals surface area contributed by atoms with Crippen molar-refractivity contribution < 1.29 is 0 Å². The highest BCUT2D eigenvalue weighted by molar-refractivity contribution is 7.99. The molecule has 0 aliphatic carbocycles. The second-order valence-electron chi connectivity index (χ2n) is 4.28. The van der Waals surface area contributed by atoms with E-state index in [0.717, 1.165) is 22.3 Å². The largest absolute Gasteiger partial charge is 0.373 e. The Hall–Kier alpha value is -0.410. The van der Waals surface area contributed by atoms with Gasteiger partial charge in [-0.05, 0) is 12.1 Å². The van der Waals surface area contributed by atoms with Crippen LogP contribution in [0.5, 0.6) is 0 Å². The van der Waals surface area contributed by atoms with Crippen molar-refractivity contribution in [2.45, 2.75) is 31.3 Å². The van der Waals surface area contributed by atoms with E-state index in [4.69, 9.17) is 11.6 Å². The molecule has 0 aliphatic heterocycles. The van der Waals surface area contributed by atoms with Gasteiger partial charge in [0.2, 0.25) is 0 Å². The Labute approximate surface area is 101 Å². The molecule has 1 aromatic heterocycles. The van der Waals surface area contributed by atoms with E-state index in [2.05, 4.69) is 31.1 Å². The SMILES string of the molecule is CNc1ccc(Cl)c(CSC(C)(C)C)n1. The van der Waals surface area contributed by atoms with Gasteiger partial charge in [0.05, 0.1) is 10.7 Å². The van der Waals surface area contributed by atoms with Crippen LogP contribution in [-0.2, 0) is 5.75 Å². The Kier molecular flexibility index (Phi) is 4.29. The molecule has 2 nitrogen and oxygen atoms in total. The maximum Gasteiger partial charge on any atom is 0.126 e. The van der Waals surface area contributed by atoms with Gasteiger partial charge in [0.25, 0.3) is 0 Å². The van der Waals surface area contributed by atoms with Gasteiger partial charge in [-0.25, -0.2) is 4.98 Å². The standard InChI is InChI=1S/C11H17ClN2S/c1-11(2,3)15-7-9-8(12)5-6-10(13-4)14-9/h5-6H,7H2,1-4H3,(H,13,14). The molecular formula is C11H17ClN2S. The average Bonchev–Trinajstić information content (AvgIpc) is 2.15. The van der Waals surface area contributed by atoms with Gasteiger partial charge in [-0.1, -0.05) is 32.4 Å². The third kappa shape index (κ3) is 4.31. The van der Waals surface area contributed by atoms with Crippen molar-refractivity contribution in [1.29, 1.82) is 0 Å². The summed E-state index contributed by atoms with van der Waals surface area (Å²) in [6.45, 7) is 6.56. The lowest BCUT2D eigenvalue weighted by Gasteiger charge is -2.17. The van der Waals surface area contributed by atoms with Crippen LogP contribution in [-0.4, -0.2) is 16.8 Å². The second kappa shape index (κ2) is 5.08. The van der Waals surface area contributed by atoms with Crippen molar-refractivity contribution in [3.8, 4) is 0 Å². The van der Waals surface area contributed by atoms with Crippen LogP contribution < -0.4 is 5.32 Å². The number of nitrogens with zero attached hydrogens (tertiary/aromatic N) is 1. The van der Waals surface area contributed by atoms with Gasteiger partial charge in [-0.15, -0.1) is 11.8 Å². The van der Waals surface area contributed by atoms with Gasteiger partial charge in [0, 0.05) is 17.5 Å². The molecule has 0 fully saturated rings. The maximum atomic E-state index is 6.08. The minimum Gasteiger partial charge on any atom is -0.373 e. The molecule has 0 saturated carbocycles. The first-order valence-corrected chi connectivity index (χ1v) is 6.26. The predicted molar refractivity (Wildman–Crippen MR) is 69.8 cm³/mol. The molecule has 0 aliphatic rings. The van der Waals surface area contributed by atoms with Gasteiger partial charge in [-0.2, -0.15) is 0 Å². The van der Waals surface area contributed by atoms with Crippen LogP contribution in [0.15, 0.2) is 12.1 Å². The fourth-order valence-electron chi connectivity index (χ4n) is 1.01. The van der Waals surface area contributed by atoms with E-state index < -0.39 is 0 Å². The molecule has 1 aromatic rings. The molecule has 84 valence electrons. The first-order chi connectivity index (χ1) is 6.92. The topological polar surface area (TPSA) is 24.9 Å². The van der Waals surface area contributed by atoms with Crippen LogP contribution in [0.4, 0.5) is 5.82 Å². The normalized spacial score (nSPS) is 11.5. The summed E-state index contributed by atoms with van der Waals surface area (Å²) in [6, 6.07) is 3.77. The monoisotopic (exact) mass is 244 g/mol. The van der Waals surface area contributed by atoms with E-state index in [1.54, 1.807) is 0 Å². The zero-order valence-corrected chi connectivity index (χ0v) is 11.2. The maximum absolute atomic E-state index is 6.08. The van der Waals surface area contributed by atoms with Crippen LogP contribution in [0.25, 0.3) is 0 Å². The average molecular weight is 245 g/mol. The summed E-state index contributed by atoms with van der Waals surface area (Å²) in [5.41, 5.74) is 0.948. The highest BCUT2D eigenvalue weighted by Gasteiger charge is 2.12. The highest BCUT2D eigenvalue weighted by atomic mass is 35.5. The minimum atomic E-state index is 0.237. The lowest BCUT2D eigenvalue weighted by Crippen LogP contribution is -2.08. The fraction of sp³-hybridized carbons (Fsp3) is 0.545. The van der Waals surface area contributed by atoms with Crippen molar-refractivity contribution in [2.75, 3.05) is 12.4 Å². The molecule has 0 aromatic carbocycles. The van der Waals surface area contributed by atoms with E-state index >= 15 is 0 Å². The summed E-state index contributed by atoms with van der Waals surface area (Å²) in [5.74, 6) is 1.71.